The molecule has 1 unspecified atom stereocenters. The van der Waals surface area contributed by atoms with E-state index in [4.69, 9.17) is 5.11 Å². The quantitative estimate of drug-likeness (QED) is 0.505. The number of hydrogen-bond donors (Lipinski definition) is 3. The lowest BCUT2D eigenvalue weighted by atomic mass is 10.1. The fraction of sp³-hybridized carbons (Fsp3) is 0.750. The Kier molecular flexibility index (Phi) is 3.25. The van der Waals surface area contributed by atoms with Gasteiger partial charge in [0.1, 0.15) is 6.10 Å². The number of carbonyl (C=O) groups is 2. The van der Waals surface area contributed by atoms with Crippen molar-refractivity contribution in [1.82, 2.24) is 10.6 Å². The van der Waals surface area contributed by atoms with Crippen LogP contribution in [0.2, 0.25) is 0 Å². The molecule has 1 rings (SSSR count). The van der Waals surface area contributed by atoms with Gasteiger partial charge in [0.15, 0.2) is 0 Å². The van der Waals surface area contributed by atoms with Crippen LogP contribution in [0.4, 0.5) is 0 Å². The molecule has 1 heterocycles. The van der Waals surface area contributed by atoms with E-state index in [-0.39, 0.29) is 17.9 Å². The Hall–Kier alpha value is -1.10. The van der Waals surface area contributed by atoms with Crippen molar-refractivity contribution in [3.05, 3.63) is 0 Å². The maximum absolute atomic E-state index is 11.0. The molecule has 5 heteroatoms. The van der Waals surface area contributed by atoms with Crippen LogP contribution in [0.15, 0.2) is 0 Å². The van der Waals surface area contributed by atoms with Crippen LogP contribution in [0.5, 0.6) is 0 Å². The Morgan fingerprint density at radius 3 is 2.92 bits per heavy atom. The van der Waals surface area contributed by atoms with Gasteiger partial charge in [0, 0.05) is 19.0 Å². The highest BCUT2D eigenvalue weighted by Gasteiger charge is 2.20. The fourth-order valence-electron chi connectivity index (χ4n) is 1.18. The molecule has 0 aromatic carbocycles. The summed E-state index contributed by atoms with van der Waals surface area (Å²) in [5.41, 5.74) is 0. The zero-order valence-electron chi connectivity index (χ0n) is 7.54. The fourth-order valence-corrected chi connectivity index (χ4v) is 1.18. The lowest BCUT2D eigenvalue weighted by molar-refractivity contribution is -0.130. The third kappa shape index (κ3) is 3.02. The molecule has 0 aromatic heterocycles. The van der Waals surface area contributed by atoms with Gasteiger partial charge in [-0.05, 0) is 13.3 Å². The van der Waals surface area contributed by atoms with Crippen LogP contribution in [0.3, 0.4) is 0 Å². The van der Waals surface area contributed by atoms with Crippen LogP contribution >= 0.6 is 0 Å². The molecule has 1 fully saturated rings. The second-order valence-electron chi connectivity index (χ2n) is 3.22. The lowest BCUT2D eigenvalue weighted by Gasteiger charge is -2.23. The van der Waals surface area contributed by atoms with Gasteiger partial charge in [-0.15, -0.1) is 0 Å². The first kappa shape index (κ1) is 9.98. The monoisotopic (exact) mass is 186 g/mol. The minimum absolute atomic E-state index is 0.0162. The molecule has 0 saturated carbocycles. The SMILES string of the molecule is C[C@@H](O)C(=O)NC1CCC(=O)NC1. The van der Waals surface area contributed by atoms with E-state index in [1.807, 2.05) is 0 Å². The van der Waals surface area contributed by atoms with Crippen molar-refractivity contribution in [2.24, 2.45) is 0 Å². The van der Waals surface area contributed by atoms with E-state index < -0.39 is 6.10 Å². The average Bonchev–Trinajstić information content (AvgIpc) is 2.08. The summed E-state index contributed by atoms with van der Waals surface area (Å²) in [7, 11) is 0. The molecule has 13 heavy (non-hydrogen) atoms. The van der Waals surface area contributed by atoms with E-state index >= 15 is 0 Å². The number of rotatable bonds is 2. The van der Waals surface area contributed by atoms with Crippen LogP contribution < -0.4 is 10.6 Å². The zero-order valence-corrected chi connectivity index (χ0v) is 7.54. The molecule has 3 N–H and O–H groups in total. The molecule has 0 aromatic rings. The normalized spacial score (nSPS) is 24.8. The van der Waals surface area contributed by atoms with Crippen LogP contribution in [0.1, 0.15) is 19.8 Å². The summed E-state index contributed by atoms with van der Waals surface area (Å²) >= 11 is 0. The van der Waals surface area contributed by atoms with Crippen LogP contribution in [0.25, 0.3) is 0 Å². The number of nitrogens with one attached hydrogen (secondary N) is 2. The molecule has 0 spiro atoms. The van der Waals surface area contributed by atoms with Gasteiger partial charge in [-0.1, -0.05) is 0 Å². The summed E-state index contributed by atoms with van der Waals surface area (Å²) in [6.45, 7) is 1.87. The smallest absolute Gasteiger partial charge is 0.248 e. The molecule has 0 radical (unpaired) electrons. The molecular formula is C8H14N2O3. The van der Waals surface area contributed by atoms with Crippen molar-refractivity contribution in [1.29, 1.82) is 0 Å². The number of piperidine rings is 1. The maximum atomic E-state index is 11.0. The predicted octanol–water partition coefficient (Wildman–Crippen LogP) is -1.24. The van der Waals surface area contributed by atoms with Gasteiger partial charge < -0.3 is 15.7 Å². The highest BCUT2D eigenvalue weighted by atomic mass is 16.3. The van der Waals surface area contributed by atoms with E-state index in [1.165, 1.54) is 6.92 Å². The zero-order chi connectivity index (χ0) is 9.84. The molecule has 2 amide bonds. The predicted molar refractivity (Wildman–Crippen MR) is 45.9 cm³/mol. The van der Waals surface area contributed by atoms with E-state index in [2.05, 4.69) is 10.6 Å². The van der Waals surface area contributed by atoms with Crippen molar-refractivity contribution in [3.8, 4) is 0 Å². The summed E-state index contributed by atoms with van der Waals surface area (Å²) in [5, 5.41) is 14.2. The molecule has 5 nitrogen and oxygen atoms in total. The Labute approximate surface area is 76.5 Å². The van der Waals surface area contributed by atoms with Gasteiger partial charge in [0.2, 0.25) is 11.8 Å². The van der Waals surface area contributed by atoms with Gasteiger partial charge in [0.05, 0.1) is 0 Å². The average molecular weight is 186 g/mol. The number of amides is 2. The summed E-state index contributed by atoms with van der Waals surface area (Å²) in [5.74, 6) is -0.372. The second-order valence-corrected chi connectivity index (χ2v) is 3.22. The maximum Gasteiger partial charge on any atom is 0.248 e. The van der Waals surface area contributed by atoms with Crippen molar-refractivity contribution in [2.75, 3.05) is 6.54 Å². The van der Waals surface area contributed by atoms with Crippen LogP contribution in [0, 0.1) is 0 Å². The molecular weight excluding hydrogens is 172 g/mol. The molecule has 1 aliphatic rings. The van der Waals surface area contributed by atoms with Gasteiger partial charge in [0.25, 0.3) is 0 Å². The van der Waals surface area contributed by atoms with Crippen molar-refractivity contribution >= 4 is 11.8 Å². The Bertz CT molecular complexity index is 205. The van der Waals surface area contributed by atoms with Crippen molar-refractivity contribution in [2.45, 2.75) is 31.9 Å². The van der Waals surface area contributed by atoms with E-state index in [1.54, 1.807) is 0 Å². The van der Waals surface area contributed by atoms with E-state index in [0.717, 1.165) is 0 Å². The standard InChI is InChI=1S/C8H14N2O3/c1-5(11)8(13)10-6-2-3-7(12)9-4-6/h5-6,11H,2-4H2,1H3,(H,9,12)(H,10,13)/t5-,6?/m1/s1. The van der Waals surface area contributed by atoms with E-state index in [9.17, 15) is 9.59 Å². The van der Waals surface area contributed by atoms with E-state index in [0.29, 0.717) is 19.4 Å². The third-order valence-corrected chi connectivity index (χ3v) is 1.99. The first-order chi connectivity index (χ1) is 6.09. The summed E-state index contributed by atoms with van der Waals surface area (Å²) in [6, 6.07) is -0.0419. The minimum Gasteiger partial charge on any atom is -0.384 e. The minimum atomic E-state index is -0.988. The van der Waals surface area contributed by atoms with Gasteiger partial charge in [-0.25, -0.2) is 0 Å². The van der Waals surface area contributed by atoms with Gasteiger partial charge in [-0.2, -0.15) is 0 Å². The second kappa shape index (κ2) is 4.23. The first-order valence-corrected chi connectivity index (χ1v) is 4.34. The van der Waals surface area contributed by atoms with Crippen molar-refractivity contribution in [3.63, 3.8) is 0 Å². The van der Waals surface area contributed by atoms with Crippen LogP contribution in [-0.2, 0) is 9.59 Å². The number of hydrogen-bond acceptors (Lipinski definition) is 3. The molecule has 74 valence electrons. The largest absolute Gasteiger partial charge is 0.384 e. The molecule has 2 atom stereocenters. The summed E-state index contributed by atoms with van der Waals surface area (Å²) in [6.07, 6.45) is 0.0901. The third-order valence-electron chi connectivity index (χ3n) is 1.99. The number of aliphatic hydroxyl groups is 1. The number of aliphatic hydroxyl groups excluding tert-OH is 1. The summed E-state index contributed by atoms with van der Waals surface area (Å²) in [4.78, 5) is 21.8. The van der Waals surface area contributed by atoms with Gasteiger partial charge >= 0.3 is 0 Å². The molecule has 1 aliphatic heterocycles. The van der Waals surface area contributed by atoms with Gasteiger partial charge in [-0.3, -0.25) is 9.59 Å². The number of carbonyl (C=O) groups excluding carboxylic acids is 2. The summed E-state index contributed by atoms with van der Waals surface area (Å²) < 4.78 is 0. The highest BCUT2D eigenvalue weighted by molar-refractivity contribution is 5.81. The first-order valence-electron chi connectivity index (χ1n) is 4.34. The molecule has 0 aliphatic carbocycles. The lowest BCUT2D eigenvalue weighted by Crippen LogP contribution is -2.49. The highest BCUT2D eigenvalue weighted by Crippen LogP contribution is 2.02. The Morgan fingerprint density at radius 1 is 1.77 bits per heavy atom. The molecule has 0 bridgehead atoms. The van der Waals surface area contributed by atoms with Crippen molar-refractivity contribution < 1.29 is 14.7 Å². The molecule has 1 saturated heterocycles. The Balaban J connectivity index is 2.30. The van der Waals surface area contributed by atoms with Crippen LogP contribution in [-0.4, -0.2) is 35.6 Å². The Morgan fingerprint density at radius 2 is 2.46 bits per heavy atom. The topological polar surface area (TPSA) is 78.4 Å².